The number of thiol groups is 1. The molecule has 7 N–H and O–H groups in total. The fourth-order valence-electron chi connectivity index (χ4n) is 1.60. The van der Waals surface area contributed by atoms with Gasteiger partial charge in [-0.2, -0.15) is 24.4 Å². The Kier molecular flexibility index (Phi) is 12.0. The van der Waals surface area contributed by atoms with Crippen LogP contribution in [0.2, 0.25) is 0 Å². The zero-order chi connectivity index (χ0) is 19.4. The molecule has 0 aromatic carbocycles. The highest BCUT2D eigenvalue weighted by molar-refractivity contribution is 7.98. The Hall–Kier alpha value is -1.50. The summed E-state index contributed by atoms with van der Waals surface area (Å²) in [6.45, 7) is -1.39. The van der Waals surface area contributed by atoms with Gasteiger partial charge in [-0.05, 0) is 18.4 Å². The fourth-order valence-corrected chi connectivity index (χ4v) is 2.35. The predicted molar refractivity (Wildman–Crippen MR) is 96.4 cm³/mol. The molecule has 0 saturated heterocycles. The number of nitrogens with two attached hydrogens (primary N) is 1. The van der Waals surface area contributed by atoms with E-state index in [0.29, 0.717) is 12.2 Å². The number of nitrogens with one attached hydrogen (secondary N) is 3. The number of aliphatic hydroxyl groups excluding tert-OH is 1. The maximum Gasteiger partial charge on any atom is 0.322 e. The van der Waals surface area contributed by atoms with E-state index < -0.39 is 55.0 Å². The van der Waals surface area contributed by atoms with Crippen LogP contribution in [0.15, 0.2) is 0 Å². The van der Waals surface area contributed by atoms with E-state index in [9.17, 15) is 24.3 Å². The van der Waals surface area contributed by atoms with Crippen LogP contribution in [-0.4, -0.2) is 82.9 Å². The van der Waals surface area contributed by atoms with E-state index in [-0.39, 0.29) is 5.75 Å². The largest absolute Gasteiger partial charge is 0.480 e. The number of thioether (sulfide) groups is 1. The molecule has 0 aliphatic rings. The van der Waals surface area contributed by atoms with E-state index in [1.165, 1.54) is 11.8 Å². The minimum Gasteiger partial charge on any atom is -0.480 e. The minimum atomic E-state index is -1.35. The first kappa shape index (κ1) is 23.5. The standard InChI is InChI=1S/C13H24N4O6S2/c1-25-3-2-7(14)11(21)17-9(6-24)13(23)16-8(5-18)12(22)15-4-10(19)20/h7-9,18,24H,2-6,14H2,1H3,(H,15,22)(H,16,23)(H,17,21)(H,19,20). The molecule has 0 spiro atoms. The first-order valence-corrected chi connectivity index (χ1v) is 9.35. The lowest BCUT2D eigenvalue weighted by Gasteiger charge is -2.22. The second kappa shape index (κ2) is 12.8. The van der Waals surface area contributed by atoms with E-state index in [1.807, 2.05) is 11.6 Å². The molecule has 3 unspecified atom stereocenters. The normalized spacial score (nSPS) is 14.1. The number of aliphatic hydroxyl groups is 1. The molecule has 0 aliphatic carbocycles. The summed E-state index contributed by atoms with van der Waals surface area (Å²) < 4.78 is 0. The average Bonchev–Trinajstić information content (AvgIpc) is 2.59. The maximum atomic E-state index is 12.1. The smallest absolute Gasteiger partial charge is 0.322 e. The Balaban J connectivity index is 4.66. The third-order valence-electron chi connectivity index (χ3n) is 3.01. The summed E-state index contributed by atoms with van der Waals surface area (Å²) in [7, 11) is 0. The molecule has 3 amide bonds. The first-order valence-electron chi connectivity index (χ1n) is 7.33. The molecule has 3 atom stereocenters. The third-order valence-corrected chi connectivity index (χ3v) is 4.02. The fraction of sp³-hybridized carbons (Fsp3) is 0.692. The van der Waals surface area contributed by atoms with Gasteiger partial charge < -0.3 is 31.9 Å². The Morgan fingerprint density at radius 1 is 1.12 bits per heavy atom. The van der Waals surface area contributed by atoms with E-state index in [0.717, 1.165) is 0 Å². The molecular formula is C13H24N4O6S2. The number of carbonyl (C=O) groups is 4. The predicted octanol–water partition coefficient (Wildman–Crippen LogP) is -2.84. The van der Waals surface area contributed by atoms with Crippen molar-refractivity contribution in [2.75, 3.05) is 30.9 Å². The lowest BCUT2D eigenvalue weighted by atomic mass is 10.2. The van der Waals surface area contributed by atoms with Gasteiger partial charge in [0.25, 0.3) is 0 Å². The molecule has 10 nitrogen and oxygen atoms in total. The lowest BCUT2D eigenvalue weighted by Crippen LogP contribution is -2.57. The molecule has 0 fully saturated rings. The van der Waals surface area contributed by atoms with Gasteiger partial charge >= 0.3 is 5.97 Å². The van der Waals surface area contributed by atoms with Crippen molar-refractivity contribution in [1.29, 1.82) is 0 Å². The topological polar surface area (TPSA) is 171 Å². The van der Waals surface area contributed by atoms with Gasteiger partial charge in [-0.1, -0.05) is 0 Å². The molecule has 144 valence electrons. The van der Waals surface area contributed by atoms with Gasteiger partial charge in [0.05, 0.1) is 12.6 Å². The number of hydrogen-bond acceptors (Lipinski definition) is 8. The Morgan fingerprint density at radius 2 is 1.72 bits per heavy atom. The molecule has 0 aliphatic heterocycles. The van der Waals surface area contributed by atoms with Gasteiger partial charge in [0.2, 0.25) is 17.7 Å². The summed E-state index contributed by atoms with van der Waals surface area (Å²) in [6.07, 6.45) is 2.31. The van der Waals surface area contributed by atoms with Gasteiger partial charge in [0, 0.05) is 5.75 Å². The van der Waals surface area contributed by atoms with E-state index >= 15 is 0 Å². The summed E-state index contributed by atoms with van der Waals surface area (Å²) in [5.74, 6) is -2.77. The van der Waals surface area contributed by atoms with Crippen molar-refractivity contribution in [3.05, 3.63) is 0 Å². The van der Waals surface area contributed by atoms with E-state index in [4.69, 9.17) is 10.8 Å². The second-order valence-electron chi connectivity index (χ2n) is 4.99. The van der Waals surface area contributed by atoms with Crippen molar-refractivity contribution < 1.29 is 29.4 Å². The number of amides is 3. The first-order chi connectivity index (χ1) is 11.8. The van der Waals surface area contributed by atoms with Crippen molar-refractivity contribution in [1.82, 2.24) is 16.0 Å². The van der Waals surface area contributed by atoms with Crippen LogP contribution in [0, 0.1) is 0 Å². The molecule has 0 heterocycles. The van der Waals surface area contributed by atoms with Crippen LogP contribution < -0.4 is 21.7 Å². The van der Waals surface area contributed by atoms with Crippen LogP contribution in [0.1, 0.15) is 6.42 Å². The van der Waals surface area contributed by atoms with Gasteiger partial charge in [0.15, 0.2) is 0 Å². The van der Waals surface area contributed by atoms with Crippen molar-refractivity contribution in [3.8, 4) is 0 Å². The number of hydrogen-bond donors (Lipinski definition) is 7. The maximum absolute atomic E-state index is 12.1. The quantitative estimate of drug-likeness (QED) is 0.173. The number of carboxylic acids is 1. The molecule has 0 saturated carbocycles. The SMILES string of the molecule is CSCCC(N)C(=O)NC(CS)C(=O)NC(CO)C(=O)NCC(=O)O. The Bertz CT molecular complexity index is 479. The molecule has 0 radical (unpaired) electrons. The number of aliphatic carboxylic acids is 1. The Labute approximate surface area is 155 Å². The Morgan fingerprint density at radius 3 is 2.20 bits per heavy atom. The molecule has 0 bridgehead atoms. The molecule has 0 aromatic rings. The molecule has 0 aromatic heterocycles. The molecule has 25 heavy (non-hydrogen) atoms. The monoisotopic (exact) mass is 396 g/mol. The van der Waals surface area contributed by atoms with Crippen LogP contribution in [0.25, 0.3) is 0 Å². The van der Waals surface area contributed by atoms with Gasteiger partial charge in [0.1, 0.15) is 18.6 Å². The summed E-state index contributed by atoms with van der Waals surface area (Å²) >= 11 is 5.51. The zero-order valence-corrected chi connectivity index (χ0v) is 15.4. The third kappa shape index (κ3) is 9.53. The number of rotatable bonds is 12. The van der Waals surface area contributed by atoms with E-state index in [2.05, 4.69) is 23.3 Å². The van der Waals surface area contributed by atoms with Crippen LogP contribution in [0.4, 0.5) is 0 Å². The van der Waals surface area contributed by atoms with Gasteiger partial charge in [-0.3, -0.25) is 19.2 Å². The van der Waals surface area contributed by atoms with Gasteiger partial charge in [-0.25, -0.2) is 0 Å². The number of carboxylic acid groups (broad SMARTS) is 1. The summed E-state index contributed by atoms with van der Waals surface area (Å²) in [5.41, 5.74) is 5.71. The van der Waals surface area contributed by atoms with Crippen LogP contribution in [-0.2, 0) is 19.2 Å². The molecule has 0 rings (SSSR count). The highest BCUT2D eigenvalue weighted by atomic mass is 32.2. The molecular weight excluding hydrogens is 372 g/mol. The molecule has 12 heteroatoms. The highest BCUT2D eigenvalue weighted by Crippen LogP contribution is 2.00. The van der Waals surface area contributed by atoms with Gasteiger partial charge in [-0.15, -0.1) is 0 Å². The zero-order valence-electron chi connectivity index (χ0n) is 13.7. The summed E-state index contributed by atoms with van der Waals surface area (Å²) in [5, 5.41) is 24.4. The van der Waals surface area contributed by atoms with Crippen molar-refractivity contribution in [2.45, 2.75) is 24.5 Å². The summed E-state index contributed by atoms with van der Waals surface area (Å²) in [4.78, 5) is 46.2. The minimum absolute atomic E-state index is 0.0539. The number of carbonyl (C=O) groups excluding carboxylic acids is 3. The second-order valence-corrected chi connectivity index (χ2v) is 6.34. The van der Waals surface area contributed by atoms with E-state index in [1.54, 1.807) is 0 Å². The van der Waals surface area contributed by atoms with Crippen molar-refractivity contribution >= 4 is 48.1 Å². The van der Waals surface area contributed by atoms with Crippen molar-refractivity contribution in [2.24, 2.45) is 5.73 Å². The lowest BCUT2D eigenvalue weighted by molar-refractivity contribution is -0.138. The average molecular weight is 396 g/mol. The van der Waals surface area contributed by atoms with Crippen LogP contribution in [0.3, 0.4) is 0 Å². The van der Waals surface area contributed by atoms with Crippen LogP contribution >= 0.6 is 24.4 Å². The highest BCUT2D eigenvalue weighted by Gasteiger charge is 2.27. The van der Waals surface area contributed by atoms with Crippen molar-refractivity contribution in [3.63, 3.8) is 0 Å². The summed E-state index contributed by atoms with van der Waals surface area (Å²) in [6, 6.07) is -3.19. The van der Waals surface area contributed by atoms with Crippen LogP contribution in [0.5, 0.6) is 0 Å².